The van der Waals surface area contributed by atoms with Crippen LogP contribution in [0, 0.1) is 0 Å². The molecular formula is C15H25N3O. The summed E-state index contributed by atoms with van der Waals surface area (Å²) in [6.45, 7) is 6.38. The fourth-order valence-electron chi connectivity index (χ4n) is 2.82. The Kier molecular flexibility index (Phi) is 4.80. The lowest BCUT2D eigenvalue weighted by Crippen LogP contribution is -2.49. The summed E-state index contributed by atoms with van der Waals surface area (Å²) in [4.78, 5) is 4.83. The standard InChI is InChI=1S/C15H25N3O/c1-12(16)15(18-10-8-17(2)9-11-18)13-6-4-5-7-14(13)19-3/h4-7,12,15H,8-11,16H2,1-3H3. The molecule has 106 valence electrons. The Labute approximate surface area is 116 Å². The second-order valence-electron chi connectivity index (χ2n) is 5.39. The van der Waals surface area contributed by atoms with Gasteiger partial charge in [0.15, 0.2) is 0 Å². The minimum atomic E-state index is 0.0831. The van der Waals surface area contributed by atoms with Crippen LogP contribution in [0.15, 0.2) is 24.3 Å². The number of benzene rings is 1. The Morgan fingerprint density at radius 3 is 2.37 bits per heavy atom. The fourth-order valence-corrected chi connectivity index (χ4v) is 2.82. The molecule has 1 fully saturated rings. The quantitative estimate of drug-likeness (QED) is 0.890. The highest BCUT2D eigenvalue weighted by Crippen LogP contribution is 2.31. The minimum Gasteiger partial charge on any atom is -0.496 e. The topological polar surface area (TPSA) is 41.7 Å². The Morgan fingerprint density at radius 1 is 1.16 bits per heavy atom. The molecule has 0 saturated carbocycles. The van der Waals surface area contributed by atoms with E-state index in [1.165, 1.54) is 5.56 Å². The maximum Gasteiger partial charge on any atom is 0.123 e. The van der Waals surface area contributed by atoms with Crippen molar-refractivity contribution in [2.45, 2.75) is 19.0 Å². The third-order valence-electron chi connectivity index (χ3n) is 3.89. The molecule has 1 aromatic carbocycles. The van der Waals surface area contributed by atoms with Gasteiger partial charge in [0.2, 0.25) is 0 Å². The Hall–Kier alpha value is -1.10. The predicted octanol–water partition coefficient (Wildman–Crippen LogP) is 1.33. The van der Waals surface area contributed by atoms with Crippen molar-refractivity contribution in [2.75, 3.05) is 40.3 Å². The van der Waals surface area contributed by atoms with Crippen LogP contribution in [0.3, 0.4) is 0 Å². The van der Waals surface area contributed by atoms with E-state index in [1.54, 1.807) is 7.11 Å². The smallest absolute Gasteiger partial charge is 0.123 e. The zero-order valence-corrected chi connectivity index (χ0v) is 12.2. The number of nitrogens with two attached hydrogens (primary N) is 1. The molecule has 1 aliphatic heterocycles. The highest BCUT2D eigenvalue weighted by molar-refractivity contribution is 5.36. The van der Waals surface area contributed by atoms with Crippen molar-refractivity contribution in [2.24, 2.45) is 5.73 Å². The summed E-state index contributed by atoms with van der Waals surface area (Å²) in [5, 5.41) is 0. The zero-order chi connectivity index (χ0) is 13.8. The molecule has 0 spiro atoms. The number of methoxy groups -OCH3 is 1. The van der Waals surface area contributed by atoms with E-state index in [0.29, 0.717) is 0 Å². The summed E-state index contributed by atoms with van der Waals surface area (Å²) < 4.78 is 5.50. The van der Waals surface area contributed by atoms with Crippen molar-refractivity contribution in [1.29, 1.82) is 0 Å². The lowest BCUT2D eigenvalue weighted by atomic mass is 9.97. The monoisotopic (exact) mass is 263 g/mol. The van der Waals surface area contributed by atoms with Gasteiger partial charge >= 0.3 is 0 Å². The van der Waals surface area contributed by atoms with E-state index in [2.05, 4.69) is 35.9 Å². The first-order chi connectivity index (χ1) is 9.13. The molecule has 2 atom stereocenters. The van der Waals surface area contributed by atoms with Crippen LogP contribution in [0.25, 0.3) is 0 Å². The van der Waals surface area contributed by atoms with Crippen molar-refractivity contribution in [3.8, 4) is 5.75 Å². The van der Waals surface area contributed by atoms with Crippen LogP contribution in [0.4, 0.5) is 0 Å². The van der Waals surface area contributed by atoms with Gasteiger partial charge < -0.3 is 15.4 Å². The van der Waals surface area contributed by atoms with Crippen molar-refractivity contribution >= 4 is 0 Å². The van der Waals surface area contributed by atoms with Crippen molar-refractivity contribution in [1.82, 2.24) is 9.80 Å². The van der Waals surface area contributed by atoms with E-state index in [-0.39, 0.29) is 12.1 Å². The van der Waals surface area contributed by atoms with Crippen LogP contribution in [0.2, 0.25) is 0 Å². The number of ether oxygens (including phenoxy) is 1. The van der Waals surface area contributed by atoms with Gasteiger partial charge in [0.25, 0.3) is 0 Å². The molecule has 0 radical (unpaired) electrons. The second-order valence-corrected chi connectivity index (χ2v) is 5.39. The van der Waals surface area contributed by atoms with E-state index in [4.69, 9.17) is 10.5 Å². The molecule has 2 N–H and O–H groups in total. The highest BCUT2D eigenvalue weighted by atomic mass is 16.5. The maximum absolute atomic E-state index is 6.25. The summed E-state index contributed by atoms with van der Waals surface area (Å²) >= 11 is 0. The molecule has 4 heteroatoms. The minimum absolute atomic E-state index is 0.0831. The van der Waals surface area contributed by atoms with Gasteiger partial charge in [-0.2, -0.15) is 0 Å². The number of hydrogen-bond donors (Lipinski definition) is 1. The number of nitrogens with zero attached hydrogens (tertiary/aromatic N) is 2. The predicted molar refractivity (Wildman–Crippen MR) is 78.5 cm³/mol. The lowest BCUT2D eigenvalue weighted by molar-refractivity contribution is 0.0992. The first-order valence-electron chi connectivity index (χ1n) is 6.94. The molecule has 0 bridgehead atoms. The molecule has 0 aromatic heterocycles. The van der Waals surface area contributed by atoms with E-state index in [1.807, 2.05) is 12.1 Å². The molecule has 1 aliphatic rings. The molecule has 4 nitrogen and oxygen atoms in total. The van der Waals surface area contributed by atoms with Gasteiger partial charge in [-0.25, -0.2) is 0 Å². The molecule has 19 heavy (non-hydrogen) atoms. The third-order valence-corrected chi connectivity index (χ3v) is 3.89. The van der Waals surface area contributed by atoms with Gasteiger partial charge in [-0.15, -0.1) is 0 Å². The maximum atomic E-state index is 6.25. The molecule has 0 aliphatic carbocycles. The average Bonchev–Trinajstić information content (AvgIpc) is 2.41. The van der Waals surface area contributed by atoms with E-state index in [9.17, 15) is 0 Å². The van der Waals surface area contributed by atoms with Gasteiger partial charge in [0.1, 0.15) is 5.75 Å². The fraction of sp³-hybridized carbons (Fsp3) is 0.600. The van der Waals surface area contributed by atoms with Gasteiger partial charge in [-0.3, -0.25) is 4.90 Å². The average molecular weight is 263 g/mol. The van der Waals surface area contributed by atoms with Crippen LogP contribution in [-0.4, -0.2) is 56.2 Å². The Morgan fingerprint density at radius 2 is 1.79 bits per heavy atom. The van der Waals surface area contributed by atoms with Crippen molar-refractivity contribution < 1.29 is 4.74 Å². The first-order valence-corrected chi connectivity index (χ1v) is 6.94. The lowest BCUT2D eigenvalue weighted by Gasteiger charge is -2.40. The van der Waals surface area contributed by atoms with Gasteiger partial charge in [0.05, 0.1) is 13.2 Å². The van der Waals surface area contributed by atoms with E-state index >= 15 is 0 Å². The van der Waals surface area contributed by atoms with Crippen molar-refractivity contribution in [3.63, 3.8) is 0 Å². The zero-order valence-electron chi connectivity index (χ0n) is 12.2. The normalized spacial score (nSPS) is 21.1. The molecule has 1 saturated heterocycles. The summed E-state index contributed by atoms with van der Waals surface area (Å²) in [7, 11) is 3.89. The van der Waals surface area contributed by atoms with Crippen LogP contribution < -0.4 is 10.5 Å². The number of piperazine rings is 1. The Bertz CT molecular complexity index is 400. The highest BCUT2D eigenvalue weighted by Gasteiger charge is 2.28. The SMILES string of the molecule is COc1ccccc1C(C(C)N)N1CCN(C)CC1. The summed E-state index contributed by atoms with van der Waals surface area (Å²) in [6.07, 6.45) is 0. The number of para-hydroxylation sites is 1. The molecule has 2 rings (SSSR count). The largest absolute Gasteiger partial charge is 0.496 e. The van der Waals surface area contributed by atoms with E-state index in [0.717, 1.165) is 31.9 Å². The number of hydrogen-bond acceptors (Lipinski definition) is 4. The summed E-state index contributed by atoms with van der Waals surface area (Å²) in [5.74, 6) is 0.934. The van der Waals surface area contributed by atoms with E-state index < -0.39 is 0 Å². The summed E-state index contributed by atoms with van der Waals surface area (Å²) in [6, 6.07) is 8.52. The van der Waals surface area contributed by atoms with Crippen molar-refractivity contribution in [3.05, 3.63) is 29.8 Å². The van der Waals surface area contributed by atoms with Crippen LogP contribution >= 0.6 is 0 Å². The summed E-state index contributed by atoms with van der Waals surface area (Å²) in [5.41, 5.74) is 7.45. The third kappa shape index (κ3) is 3.26. The Balaban J connectivity index is 2.24. The second kappa shape index (κ2) is 6.37. The van der Waals surface area contributed by atoms with Gasteiger partial charge in [-0.1, -0.05) is 18.2 Å². The first kappa shape index (κ1) is 14.3. The molecule has 1 aromatic rings. The van der Waals surface area contributed by atoms with Crippen LogP contribution in [0.1, 0.15) is 18.5 Å². The molecule has 0 amide bonds. The van der Waals surface area contributed by atoms with Crippen LogP contribution in [0.5, 0.6) is 5.75 Å². The number of likely N-dealkylation sites (N-methyl/N-ethyl adjacent to an activating group) is 1. The molecule has 1 heterocycles. The van der Waals surface area contributed by atoms with Gasteiger partial charge in [0, 0.05) is 37.8 Å². The van der Waals surface area contributed by atoms with Crippen LogP contribution in [-0.2, 0) is 0 Å². The molecule has 2 unspecified atom stereocenters. The van der Waals surface area contributed by atoms with Gasteiger partial charge in [-0.05, 0) is 20.0 Å². The molecular weight excluding hydrogens is 238 g/mol. The number of rotatable bonds is 4.